The number of aromatic nitrogens is 2. The Morgan fingerprint density at radius 1 is 0.875 bits per heavy atom. The Hall–Kier alpha value is -2.11. The minimum absolute atomic E-state index is 0.101. The highest BCUT2D eigenvalue weighted by molar-refractivity contribution is 5.27. The summed E-state index contributed by atoms with van der Waals surface area (Å²) in [5, 5.41) is 0. The van der Waals surface area contributed by atoms with Crippen LogP contribution in [0.25, 0.3) is 0 Å². The van der Waals surface area contributed by atoms with E-state index in [1.165, 1.54) is 0 Å². The quantitative estimate of drug-likeness (QED) is 0.738. The summed E-state index contributed by atoms with van der Waals surface area (Å²) in [6.07, 6.45) is 0.945. The molecule has 0 unspecified atom stereocenters. The van der Waals surface area contributed by atoms with Gasteiger partial charge in [0.1, 0.15) is 23.7 Å². The summed E-state index contributed by atoms with van der Waals surface area (Å²) in [5.74, 6) is -2.59. The van der Waals surface area contributed by atoms with Gasteiger partial charge in [0.05, 0.1) is 6.07 Å². The Morgan fingerprint density at radius 2 is 1.56 bits per heavy atom. The molecule has 82 valence electrons. The van der Waals surface area contributed by atoms with Gasteiger partial charge in [-0.2, -0.15) is 4.39 Å². The van der Waals surface area contributed by atoms with E-state index >= 15 is 0 Å². The van der Waals surface area contributed by atoms with E-state index in [9.17, 15) is 13.2 Å². The molecule has 1 aromatic heterocycles. The van der Waals surface area contributed by atoms with Crippen LogP contribution >= 0.6 is 0 Å². The number of hydrogen-bond acceptors (Lipinski definition) is 3. The first-order valence-corrected chi connectivity index (χ1v) is 4.25. The van der Waals surface area contributed by atoms with Crippen molar-refractivity contribution in [3.05, 3.63) is 48.2 Å². The van der Waals surface area contributed by atoms with Gasteiger partial charge in [0.15, 0.2) is 0 Å². The van der Waals surface area contributed by atoms with Gasteiger partial charge in [-0.3, -0.25) is 0 Å². The van der Waals surface area contributed by atoms with Crippen LogP contribution in [0.3, 0.4) is 0 Å². The number of hydrogen-bond donors (Lipinski definition) is 0. The number of rotatable bonds is 2. The Kier molecular flexibility index (Phi) is 2.72. The zero-order chi connectivity index (χ0) is 11.5. The van der Waals surface area contributed by atoms with Crippen LogP contribution in [0.1, 0.15) is 0 Å². The number of nitrogens with zero attached hydrogens (tertiary/aromatic N) is 2. The highest BCUT2D eigenvalue weighted by atomic mass is 19.1. The second-order valence-electron chi connectivity index (χ2n) is 2.89. The summed E-state index contributed by atoms with van der Waals surface area (Å²) < 4.78 is 43.2. The molecule has 0 aliphatic heterocycles. The molecule has 0 saturated heterocycles. The molecule has 0 aliphatic carbocycles. The van der Waals surface area contributed by atoms with Gasteiger partial charge in [0.2, 0.25) is 11.8 Å². The Labute approximate surface area is 88.5 Å². The molecular formula is C10H5F3N2O. The van der Waals surface area contributed by atoms with Gasteiger partial charge in [-0.1, -0.05) is 0 Å². The van der Waals surface area contributed by atoms with Gasteiger partial charge in [-0.25, -0.2) is 18.7 Å². The summed E-state index contributed by atoms with van der Waals surface area (Å²) in [6.45, 7) is 0. The molecule has 2 rings (SSSR count). The molecule has 0 saturated carbocycles. The average molecular weight is 226 g/mol. The summed E-state index contributed by atoms with van der Waals surface area (Å²) >= 11 is 0. The van der Waals surface area contributed by atoms with E-state index in [0.29, 0.717) is 6.07 Å². The van der Waals surface area contributed by atoms with E-state index in [-0.39, 0.29) is 11.6 Å². The zero-order valence-corrected chi connectivity index (χ0v) is 7.82. The summed E-state index contributed by atoms with van der Waals surface area (Å²) in [5.41, 5.74) is 0. The lowest BCUT2D eigenvalue weighted by Crippen LogP contribution is -1.92. The predicted octanol–water partition coefficient (Wildman–Crippen LogP) is 2.69. The van der Waals surface area contributed by atoms with Crippen LogP contribution < -0.4 is 4.74 Å². The lowest BCUT2D eigenvalue weighted by atomic mass is 10.3. The van der Waals surface area contributed by atoms with Gasteiger partial charge in [0, 0.05) is 18.2 Å². The van der Waals surface area contributed by atoms with Crippen LogP contribution in [0.4, 0.5) is 13.2 Å². The van der Waals surface area contributed by atoms with E-state index in [1.807, 2.05) is 0 Å². The fourth-order valence-corrected chi connectivity index (χ4v) is 1.08. The van der Waals surface area contributed by atoms with Crippen LogP contribution in [0.15, 0.2) is 30.6 Å². The second kappa shape index (κ2) is 4.18. The third-order valence-electron chi connectivity index (χ3n) is 1.67. The van der Waals surface area contributed by atoms with Crippen LogP contribution in [-0.4, -0.2) is 9.97 Å². The van der Waals surface area contributed by atoms with Crippen molar-refractivity contribution >= 4 is 0 Å². The topological polar surface area (TPSA) is 35.0 Å². The molecule has 2 aromatic rings. The minimum atomic E-state index is -0.790. The van der Waals surface area contributed by atoms with Gasteiger partial charge in [0.25, 0.3) is 0 Å². The maximum atomic E-state index is 12.8. The van der Waals surface area contributed by atoms with Crippen LogP contribution in [0, 0.1) is 17.6 Å². The summed E-state index contributed by atoms with van der Waals surface area (Å²) in [6, 6.07) is 3.53. The lowest BCUT2D eigenvalue weighted by molar-refractivity contribution is 0.441. The maximum absolute atomic E-state index is 12.8. The number of benzene rings is 1. The van der Waals surface area contributed by atoms with Gasteiger partial charge in [-0.05, 0) is 0 Å². The molecule has 0 N–H and O–H groups in total. The van der Waals surface area contributed by atoms with E-state index < -0.39 is 17.6 Å². The molecule has 6 heteroatoms. The molecule has 0 spiro atoms. The largest absolute Gasteiger partial charge is 0.439 e. The fraction of sp³-hybridized carbons (Fsp3) is 0. The lowest BCUT2D eigenvalue weighted by Gasteiger charge is -2.04. The molecule has 1 heterocycles. The van der Waals surface area contributed by atoms with Crippen LogP contribution in [0.2, 0.25) is 0 Å². The highest BCUT2D eigenvalue weighted by Gasteiger charge is 2.04. The first-order chi connectivity index (χ1) is 7.63. The smallest absolute Gasteiger partial charge is 0.225 e. The van der Waals surface area contributed by atoms with Crippen molar-refractivity contribution in [2.24, 2.45) is 0 Å². The number of halogens is 3. The van der Waals surface area contributed by atoms with Crippen molar-refractivity contribution in [2.45, 2.75) is 0 Å². The molecular weight excluding hydrogens is 221 g/mol. The van der Waals surface area contributed by atoms with Crippen molar-refractivity contribution in [1.82, 2.24) is 9.97 Å². The zero-order valence-electron chi connectivity index (χ0n) is 7.82. The highest BCUT2D eigenvalue weighted by Crippen LogP contribution is 2.21. The number of ether oxygens (including phenoxy) is 1. The standard InChI is InChI=1S/C10H5F3N2O/c11-6-1-7(12)3-8(2-6)16-10-4-9(13)14-5-15-10/h1-5H. The van der Waals surface area contributed by atoms with Crippen LogP contribution in [0.5, 0.6) is 11.6 Å². The molecule has 16 heavy (non-hydrogen) atoms. The van der Waals surface area contributed by atoms with E-state index in [1.54, 1.807) is 0 Å². The summed E-state index contributed by atoms with van der Waals surface area (Å²) in [4.78, 5) is 6.79. The molecule has 0 radical (unpaired) electrons. The first-order valence-electron chi connectivity index (χ1n) is 4.25. The molecule has 3 nitrogen and oxygen atoms in total. The predicted molar refractivity (Wildman–Crippen MR) is 48.4 cm³/mol. The van der Waals surface area contributed by atoms with Crippen molar-refractivity contribution < 1.29 is 17.9 Å². The van der Waals surface area contributed by atoms with Crippen molar-refractivity contribution in [1.29, 1.82) is 0 Å². The Bertz CT molecular complexity index is 499. The van der Waals surface area contributed by atoms with E-state index in [4.69, 9.17) is 4.74 Å². The molecule has 1 aromatic carbocycles. The molecule has 0 aliphatic rings. The van der Waals surface area contributed by atoms with Crippen molar-refractivity contribution in [3.63, 3.8) is 0 Å². The van der Waals surface area contributed by atoms with Crippen molar-refractivity contribution in [3.8, 4) is 11.6 Å². The van der Waals surface area contributed by atoms with Crippen molar-refractivity contribution in [2.75, 3.05) is 0 Å². The molecule has 0 amide bonds. The summed E-state index contributed by atoms with van der Waals surface area (Å²) in [7, 11) is 0. The Balaban J connectivity index is 2.27. The fourth-order valence-electron chi connectivity index (χ4n) is 1.08. The van der Waals surface area contributed by atoms with E-state index in [2.05, 4.69) is 9.97 Å². The molecule has 0 fully saturated rings. The van der Waals surface area contributed by atoms with Gasteiger partial charge in [-0.15, -0.1) is 0 Å². The van der Waals surface area contributed by atoms with Crippen LogP contribution in [-0.2, 0) is 0 Å². The average Bonchev–Trinajstić information content (AvgIpc) is 2.15. The first kappa shape index (κ1) is 10.4. The minimum Gasteiger partial charge on any atom is -0.439 e. The maximum Gasteiger partial charge on any atom is 0.225 e. The third-order valence-corrected chi connectivity index (χ3v) is 1.67. The Morgan fingerprint density at radius 3 is 2.19 bits per heavy atom. The monoisotopic (exact) mass is 226 g/mol. The van der Waals surface area contributed by atoms with Gasteiger partial charge >= 0.3 is 0 Å². The second-order valence-corrected chi connectivity index (χ2v) is 2.89. The molecule has 0 bridgehead atoms. The third kappa shape index (κ3) is 2.47. The SMILES string of the molecule is Fc1cc(F)cc(Oc2cc(F)ncn2)c1. The van der Waals surface area contributed by atoms with Gasteiger partial charge < -0.3 is 4.74 Å². The normalized spacial score (nSPS) is 10.2. The molecule has 0 atom stereocenters. The van der Waals surface area contributed by atoms with E-state index in [0.717, 1.165) is 24.5 Å².